The van der Waals surface area contributed by atoms with Gasteiger partial charge < -0.3 is 29.6 Å². The molecule has 2 heterocycles. The molecule has 1 aliphatic rings. The van der Waals surface area contributed by atoms with Crippen LogP contribution in [0, 0.1) is 5.82 Å². The van der Waals surface area contributed by atoms with E-state index < -0.39 is 29.3 Å². The number of aromatic hydroxyl groups is 1. The first-order valence-corrected chi connectivity index (χ1v) is 11.9. The number of phenols is 1. The number of carbonyl (C=O) groups excluding carboxylic acids is 2. The fraction of sp³-hybridized carbons (Fsp3) is 0.172. The molecule has 0 radical (unpaired) electrons. The van der Waals surface area contributed by atoms with Crippen molar-refractivity contribution in [3.8, 4) is 17.2 Å². The number of amides is 1. The molecule has 0 unspecified atom stereocenters. The molecule has 1 aromatic heterocycles. The number of rotatable bonds is 7. The molecule has 4 aromatic rings. The van der Waals surface area contributed by atoms with Crippen LogP contribution in [-0.4, -0.2) is 52.6 Å². The van der Waals surface area contributed by atoms with E-state index in [9.17, 15) is 24.2 Å². The van der Waals surface area contributed by atoms with Crippen molar-refractivity contribution in [3.63, 3.8) is 0 Å². The number of aromatic amines is 1. The number of methoxy groups -OCH3 is 2. The Morgan fingerprint density at radius 2 is 1.79 bits per heavy atom. The predicted molar refractivity (Wildman–Crippen MR) is 139 cm³/mol. The van der Waals surface area contributed by atoms with E-state index in [2.05, 4.69) is 4.98 Å². The lowest BCUT2D eigenvalue weighted by Crippen LogP contribution is -2.31. The van der Waals surface area contributed by atoms with Gasteiger partial charge in [-0.15, -0.1) is 0 Å². The van der Waals surface area contributed by atoms with Crippen LogP contribution in [0.5, 0.6) is 17.2 Å². The normalized spacial score (nSPS) is 16.8. The number of halogens is 1. The molecule has 1 saturated heterocycles. The lowest BCUT2D eigenvalue weighted by Gasteiger charge is -2.25. The molecular weight excluding hydrogens is 491 g/mol. The fourth-order valence-electron chi connectivity index (χ4n) is 4.82. The number of likely N-dealkylation sites (tertiary alicyclic amines) is 1. The molecule has 194 valence electrons. The standard InChI is InChI=1S/C29H25FN2O6/c1-37-20-8-9-22-21(14-20)18(15-31-22)11-12-32-26(17-5-10-23(33)24(13-17)38-2)25(28(35)29(32)36)27(34)16-3-6-19(30)7-4-16/h3-10,13-15,26,31,33-34H,11-12H2,1-2H3/t26-/m0/s1. The number of ketones is 1. The molecule has 1 atom stereocenters. The first-order chi connectivity index (χ1) is 18.3. The number of benzene rings is 3. The van der Waals surface area contributed by atoms with Crippen LogP contribution < -0.4 is 9.47 Å². The highest BCUT2D eigenvalue weighted by Crippen LogP contribution is 2.42. The van der Waals surface area contributed by atoms with Gasteiger partial charge in [0, 0.05) is 29.2 Å². The number of ether oxygens (including phenoxy) is 2. The molecule has 8 nitrogen and oxygen atoms in total. The maximum absolute atomic E-state index is 13.5. The van der Waals surface area contributed by atoms with E-state index in [0.29, 0.717) is 17.7 Å². The number of phenolic OH excluding ortho intramolecular Hbond substituents is 1. The lowest BCUT2D eigenvalue weighted by molar-refractivity contribution is -0.139. The second-order valence-corrected chi connectivity index (χ2v) is 8.91. The van der Waals surface area contributed by atoms with E-state index >= 15 is 0 Å². The van der Waals surface area contributed by atoms with Gasteiger partial charge in [-0.3, -0.25) is 9.59 Å². The number of aliphatic hydroxyl groups is 1. The Morgan fingerprint density at radius 3 is 2.50 bits per heavy atom. The summed E-state index contributed by atoms with van der Waals surface area (Å²) in [5.74, 6) is -1.82. The van der Waals surface area contributed by atoms with Crippen LogP contribution >= 0.6 is 0 Å². The Kier molecular flexibility index (Phi) is 6.50. The molecule has 3 aromatic carbocycles. The SMILES string of the molecule is COc1ccc2[nH]cc(CCN3C(=O)C(=O)C(=C(O)c4ccc(F)cc4)[C@@H]3c3ccc(O)c(OC)c3)c2c1. The van der Waals surface area contributed by atoms with Gasteiger partial charge in [-0.25, -0.2) is 4.39 Å². The highest BCUT2D eigenvalue weighted by Gasteiger charge is 2.46. The van der Waals surface area contributed by atoms with Crippen LogP contribution in [-0.2, 0) is 16.0 Å². The van der Waals surface area contributed by atoms with Gasteiger partial charge in [0.1, 0.15) is 17.3 Å². The molecule has 1 fully saturated rings. The van der Waals surface area contributed by atoms with Crippen molar-refractivity contribution in [3.05, 3.63) is 94.9 Å². The molecular formula is C29H25FN2O6. The largest absolute Gasteiger partial charge is 0.507 e. The summed E-state index contributed by atoms with van der Waals surface area (Å²) in [6.45, 7) is 0.156. The van der Waals surface area contributed by atoms with E-state index in [1.807, 2.05) is 24.4 Å². The molecule has 3 N–H and O–H groups in total. The number of aliphatic hydroxyl groups excluding tert-OH is 1. The summed E-state index contributed by atoms with van der Waals surface area (Å²) in [5, 5.41) is 22.2. The van der Waals surface area contributed by atoms with Crippen LogP contribution in [0.3, 0.4) is 0 Å². The Bertz CT molecular complexity index is 1570. The summed E-state index contributed by atoms with van der Waals surface area (Å²) in [7, 11) is 2.97. The van der Waals surface area contributed by atoms with Crippen LogP contribution in [0.4, 0.5) is 4.39 Å². The van der Waals surface area contributed by atoms with Gasteiger partial charge in [0.05, 0.1) is 25.8 Å². The maximum Gasteiger partial charge on any atom is 0.295 e. The molecule has 1 aliphatic heterocycles. The minimum atomic E-state index is -0.964. The summed E-state index contributed by atoms with van der Waals surface area (Å²) in [6.07, 6.45) is 2.25. The van der Waals surface area contributed by atoms with E-state index in [4.69, 9.17) is 9.47 Å². The van der Waals surface area contributed by atoms with Crippen molar-refractivity contribution >= 4 is 28.4 Å². The van der Waals surface area contributed by atoms with Crippen molar-refractivity contribution in [1.29, 1.82) is 0 Å². The summed E-state index contributed by atoms with van der Waals surface area (Å²) >= 11 is 0. The van der Waals surface area contributed by atoms with E-state index in [0.717, 1.165) is 28.6 Å². The quantitative estimate of drug-likeness (QED) is 0.187. The van der Waals surface area contributed by atoms with Gasteiger partial charge >= 0.3 is 0 Å². The Balaban J connectivity index is 1.58. The number of nitrogens with one attached hydrogen (secondary N) is 1. The van der Waals surface area contributed by atoms with Gasteiger partial charge in [-0.1, -0.05) is 6.07 Å². The number of aromatic nitrogens is 1. The van der Waals surface area contributed by atoms with Crippen molar-refractivity contribution in [1.82, 2.24) is 9.88 Å². The van der Waals surface area contributed by atoms with Crippen LogP contribution in [0.15, 0.2) is 72.4 Å². The smallest absolute Gasteiger partial charge is 0.295 e. The van der Waals surface area contributed by atoms with Crippen LogP contribution in [0.1, 0.15) is 22.7 Å². The first-order valence-electron chi connectivity index (χ1n) is 11.9. The second kappa shape index (κ2) is 9.93. The highest BCUT2D eigenvalue weighted by molar-refractivity contribution is 6.46. The summed E-state index contributed by atoms with van der Waals surface area (Å²) in [6, 6.07) is 14.2. The molecule has 1 amide bonds. The maximum atomic E-state index is 13.5. The lowest BCUT2D eigenvalue weighted by atomic mass is 9.95. The Labute approximate surface area is 217 Å². The Hall–Kier alpha value is -4.79. The monoisotopic (exact) mass is 516 g/mol. The van der Waals surface area contributed by atoms with E-state index in [1.54, 1.807) is 13.2 Å². The highest BCUT2D eigenvalue weighted by atomic mass is 19.1. The minimum Gasteiger partial charge on any atom is -0.507 e. The molecule has 5 rings (SSSR count). The first kappa shape index (κ1) is 24.9. The summed E-state index contributed by atoms with van der Waals surface area (Å²) < 4.78 is 24.1. The van der Waals surface area contributed by atoms with Gasteiger partial charge in [0.25, 0.3) is 11.7 Å². The zero-order valence-electron chi connectivity index (χ0n) is 20.7. The number of H-pyrrole nitrogens is 1. The Morgan fingerprint density at radius 1 is 1.03 bits per heavy atom. The van der Waals surface area contributed by atoms with E-state index in [-0.39, 0.29) is 29.2 Å². The number of fused-ring (bicyclic) bond motifs is 1. The number of Topliss-reactive ketones (excluding diaryl/α,β-unsaturated/α-hetero) is 1. The number of nitrogens with zero attached hydrogens (tertiary/aromatic N) is 1. The molecule has 0 bridgehead atoms. The van der Waals surface area contributed by atoms with Gasteiger partial charge in [-0.05, 0) is 72.1 Å². The number of carbonyl (C=O) groups is 2. The number of hydrogen-bond donors (Lipinski definition) is 3. The van der Waals surface area contributed by atoms with Crippen molar-refractivity contribution in [2.75, 3.05) is 20.8 Å². The average Bonchev–Trinajstić information content (AvgIpc) is 3.45. The minimum absolute atomic E-state index is 0.112. The van der Waals surface area contributed by atoms with Crippen LogP contribution in [0.25, 0.3) is 16.7 Å². The predicted octanol–water partition coefficient (Wildman–Crippen LogP) is 4.69. The van der Waals surface area contributed by atoms with Crippen LogP contribution in [0.2, 0.25) is 0 Å². The number of hydrogen-bond acceptors (Lipinski definition) is 6. The fourth-order valence-corrected chi connectivity index (χ4v) is 4.82. The third-order valence-electron chi connectivity index (χ3n) is 6.77. The van der Waals surface area contributed by atoms with Crippen molar-refractivity contribution < 1.29 is 33.7 Å². The summed E-state index contributed by atoms with van der Waals surface area (Å²) in [5.41, 5.74) is 2.35. The third kappa shape index (κ3) is 4.32. The topological polar surface area (TPSA) is 112 Å². The van der Waals surface area contributed by atoms with Gasteiger partial charge in [-0.2, -0.15) is 0 Å². The van der Waals surface area contributed by atoms with Crippen molar-refractivity contribution in [2.24, 2.45) is 0 Å². The van der Waals surface area contributed by atoms with Crippen molar-refractivity contribution in [2.45, 2.75) is 12.5 Å². The molecule has 0 saturated carbocycles. The zero-order chi connectivity index (χ0) is 27.0. The van der Waals surface area contributed by atoms with Gasteiger partial charge in [0.2, 0.25) is 0 Å². The molecule has 9 heteroatoms. The zero-order valence-corrected chi connectivity index (χ0v) is 20.7. The summed E-state index contributed by atoms with van der Waals surface area (Å²) in [4.78, 5) is 31.2. The molecule has 0 spiro atoms. The average molecular weight is 517 g/mol. The van der Waals surface area contributed by atoms with E-state index in [1.165, 1.54) is 36.3 Å². The molecule has 0 aliphatic carbocycles. The molecule has 38 heavy (non-hydrogen) atoms. The van der Waals surface area contributed by atoms with Gasteiger partial charge in [0.15, 0.2) is 11.5 Å². The second-order valence-electron chi connectivity index (χ2n) is 8.91. The third-order valence-corrected chi connectivity index (χ3v) is 6.77.